The van der Waals surface area contributed by atoms with Crippen LogP contribution in [0.25, 0.3) is 0 Å². The van der Waals surface area contributed by atoms with E-state index in [9.17, 15) is 4.79 Å². The van der Waals surface area contributed by atoms with Gasteiger partial charge >= 0.3 is 0 Å². The van der Waals surface area contributed by atoms with Crippen molar-refractivity contribution in [1.82, 2.24) is 0 Å². The van der Waals surface area contributed by atoms with Crippen LogP contribution in [-0.2, 0) is 4.79 Å². The van der Waals surface area contributed by atoms with Crippen LogP contribution in [0, 0.1) is 5.41 Å². The fraction of sp³-hybridized carbons (Fsp3) is 0.417. The molecular formula is C12H16Br2N2O. The molecule has 0 bridgehead atoms. The molecule has 1 atom stereocenters. The summed E-state index contributed by atoms with van der Waals surface area (Å²) in [5, 5.41) is 2.83. The summed E-state index contributed by atoms with van der Waals surface area (Å²) in [7, 11) is 0. The molecule has 0 fully saturated rings. The van der Waals surface area contributed by atoms with Crippen LogP contribution in [0.3, 0.4) is 0 Å². The number of carbonyl (C=O) groups excluding carboxylic acids is 1. The summed E-state index contributed by atoms with van der Waals surface area (Å²) in [6.45, 7) is 5.81. The maximum absolute atomic E-state index is 12.0. The normalized spacial score (nSPS) is 13.3. The molecule has 3 N–H and O–H groups in total. The van der Waals surface area contributed by atoms with Gasteiger partial charge in [0.1, 0.15) is 0 Å². The fourth-order valence-electron chi connectivity index (χ4n) is 1.21. The van der Waals surface area contributed by atoms with Crippen molar-refractivity contribution in [3.05, 3.63) is 27.1 Å². The van der Waals surface area contributed by atoms with Gasteiger partial charge in [0.2, 0.25) is 5.91 Å². The van der Waals surface area contributed by atoms with Crippen LogP contribution in [-0.4, -0.2) is 11.9 Å². The monoisotopic (exact) mass is 362 g/mol. The van der Waals surface area contributed by atoms with Crippen LogP contribution in [0.4, 0.5) is 5.69 Å². The van der Waals surface area contributed by atoms with Crippen molar-refractivity contribution in [2.24, 2.45) is 11.1 Å². The number of anilines is 1. The van der Waals surface area contributed by atoms with Gasteiger partial charge in [-0.3, -0.25) is 4.79 Å². The topological polar surface area (TPSA) is 55.1 Å². The molecule has 0 saturated carbocycles. The number of halogens is 2. The van der Waals surface area contributed by atoms with Gasteiger partial charge in [0.05, 0.1) is 11.7 Å². The lowest BCUT2D eigenvalue weighted by molar-refractivity contribution is -0.119. The zero-order valence-electron chi connectivity index (χ0n) is 10.1. The maximum atomic E-state index is 12.0. The Balaban J connectivity index is 2.89. The van der Waals surface area contributed by atoms with Gasteiger partial charge in [0.15, 0.2) is 0 Å². The summed E-state index contributed by atoms with van der Waals surface area (Å²) in [4.78, 5) is 12.0. The van der Waals surface area contributed by atoms with E-state index in [2.05, 4.69) is 37.2 Å². The Morgan fingerprint density at radius 2 is 1.76 bits per heavy atom. The summed E-state index contributed by atoms with van der Waals surface area (Å²) in [6.07, 6.45) is 0. The zero-order chi connectivity index (χ0) is 13.2. The number of para-hydroxylation sites is 1. The molecule has 0 radical (unpaired) electrons. The first-order valence-electron chi connectivity index (χ1n) is 5.24. The van der Waals surface area contributed by atoms with Gasteiger partial charge in [0.25, 0.3) is 0 Å². The van der Waals surface area contributed by atoms with E-state index >= 15 is 0 Å². The average molecular weight is 364 g/mol. The summed E-state index contributed by atoms with van der Waals surface area (Å²) in [5.74, 6) is -0.190. The van der Waals surface area contributed by atoms with E-state index < -0.39 is 6.04 Å². The number of benzene rings is 1. The number of amides is 1. The first kappa shape index (κ1) is 14.7. The quantitative estimate of drug-likeness (QED) is 0.844. The van der Waals surface area contributed by atoms with Crippen LogP contribution in [0.2, 0.25) is 0 Å². The van der Waals surface area contributed by atoms with Crippen LogP contribution >= 0.6 is 31.9 Å². The maximum Gasteiger partial charge on any atom is 0.241 e. The van der Waals surface area contributed by atoms with Crippen LogP contribution in [0.1, 0.15) is 20.8 Å². The molecule has 0 aromatic heterocycles. The second-order valence-corrected chi connectivity index (χ2v) is 6.64. The van der Waals surface area contributed by atoms with E-state index in [4.69, 9.17) is 5.73 Å². The van der Waals surface area contributed by atoms with Crippen molar-refractivity contribution in [3.8, 4) is 0 Å². The highest BCUT2D eigenvalue weighted by Gasteiger charge is 2.28. The third-order valence-electron chi connectivity index (χ3n) is 2.43. The van der Waals surface area contributed by atoms with Gasteiger partial charge in [-0.2, -0.15) is 0 Å². The molecule has 94 valence electrons. The summed E-state index contributed by atoms with van der Waals surface area (Å²) >= 11 is 6.78. The van der Waals surface area contributed by atoms with E-state index in [-0.39, 0.29) is 11.3 Å². The summed E-state index contributed by atoms with van der Waals surface area (Å²) < 4.78 is 1.64. The molecule has 0 aliphatic carbocycles. The van der Waals surface area contributed by atoms with Crippen molar-refractivity contribution in [3.63, 3.8) is 0 Å². The first-order valence-corrected chi connectivity index (χ1v) is 6.82. The van der Waals surface area contributed by atoms with E-state index in [0.717, 1.165) is 8.95 Å². The van der Waals surface area contributed by atoms with E-state index in [0.29, 0.717) is 5.69 Å². The first-order chi connectivity index (χ1) is 7.73. The van der Waals surface area contributed by atoms with Crippen LogP contribution in [0.15, 0.2) is 27.1 Å². The Bertz CT molecular complexity index is 407. The SMILES string of the molecule is CC(C)(C)[C@@H](N)C(=O)Nc1c(Br)cccc1Br. The Kier molecular flexibility index (Phi) is 4.75. The van der Waals surface area contributed by atoms with Crippen molar-refractivity contribution in [1.29, 1.82) is 0 Å². The largest absolute Gasteiger partial charge is 0.323 e. The van der Waals surface area contributed by atoms with Gasteiger partial charge in [-0.15, -0.1) is 0 Å². The third kappa shape index (κ3) is 3.79. The zero-order valence-corrected chi connectivity index (χ0v) is 13.2. The predicted octanol–water partition coefficient (Wildman–Crippen LogP) is 3.52. The Hall–Kier alpha value is -0.390. The molecule has 1 amide bonds. The number of nitrogens with one attached hydrogen (secondary N) is 1. The molecule has 0 unspecified atom stereocenters. The highest BCUT2D eigenvalue weighted by atomic mass is 79.9. The number of hydrogen-bond acceptors (Lipinski definition) is 2. The smallest absolute Gasteiger partial charge is 0.241 e. The van der Waals surface area contributed by atoms with Crippen molar-refractivity contribution in [2.75, 3.05) is 5.32 Å². The Labute approximate surface area is 118 Å². The number of rotatable bonds is 2. The molecule has 1 aromatic carbocycles. The van der Waals surface area contributed by atoms with Crippen molar-refractivity contribution >= 4 is 43.5 Å². The highest BCUT2D eigenvalue weighted by molar-refractivity contribution is 9.11. The fourth-order valence-corrected chi connectivity index (χ4v) is 2.41. The molecule has 0 saturated heterocycles. The predicted molar refractivity (Wildman–Crippen MR) is 77.9 cm³/mol. The van der Waals surface area contributed by atoms with Crippen molar-refractivity contribution in [2.45, 2.75) is 26.8 Å². The molecule has 1 aromatic rings. The minimum atomic E-state index is -0.554. The number of carbonyl (C=O) groups is 1. The third-order valence-corrected chi connectivity index (χ3v) is 3.75. The van der Waals surface area contributed by atoms with E-state index in [1.165, 1.54) is 0 Å². The summed E-state index contributed by atoms with van der Waals surface area (Å²) in [5.41, 5.74) is 6.34. The number of nitrogens with two attached hydrogens (primary N) is 1. The second kappa shape index (κ2) is 5.50. The lowest BCUT2D eigenvalue weighted by Gasteiger charge is -2.26. The van der Waals surface area contributed by atoms with Gasteiger partial charge in [-0.25, -0.2) is 0 Å². The molecule has 0 heterocycles. The molecule has 1 rings (SSSR count). The Morgan fingerprint density at radius 3 is 2.18 bits per heavy atom. The van der Waals surface area contributed by atoms with Gasteiger partial charge in [0, 0.05) is 8.95 Å². The van der Waals surface area contributed by atoms with Gasteiger partial charge < -0.3 is 11.1 Å². The second-order valence-electron chi connectivity index (χ2n) is 4.93. The van der Waals surface area contributed by atoms with E-state index in [1.807, 2.05) is 39.0 Å². The van der Waals surface area contributed by atoms with Gasteiger partial charge in [-0.1, -0.05) is 26.8 Å². The van der Waals surface area contributed by atoms with E-state index in [1.54, 1.807) is 0 Å². The molecule has 17 heavy (non-hydrogen) atoms. The van der Waals surface area contributed by atoms with Crippen LogP contribution < -0.4 is 11.1 Å². The molecule has 0 spiro atoms. The lowest BCUT2D eigenvalue weighted by Crippen LogP contribution is -2.45. The molecular weight excluding hydrogens is 348 g/mol. The molecule has 5 heteroatoms. The lowest BCUT2D eigenvalue weighted by atomic mass is 9.87. The Morgan fingerprint density at radius 1 is 1.29 bits per heavy atom. The van der Waals surface area contributed by atoms with Crippen LogP contribution in [0.5, 0.6) is 0 Å². The molecule has 0 aliphatic heterocycles. The van der Waals surface area contributed by atoms with Crippen molar-refractivity contribution < 1.29 is 4.79 Å². The molecule has 0 aliphatic rings. The standard InChI is InChI=1S/C12H16Br2N2O/c1-12(2,3)10(15)11(17)16-9-7(13)5-4-6-8(9)14/h4-6,10H,15H2,1-3H3,(H,16,17)/t10-/m0/s1. The highest BCUT2D eigenvalue weighted by Crippen LogP contribution is 2.31. The molecule has 3 nitrogen and oxygen atoms in total. The minimum absolute atomic E-state index is 0.190. The minimum Gasteiger partial charge on any atom is -0.323 e. The number of hydrogen-bond donors (Lipinski definition) is 2. The summed E-state index contributed by atoms with van der Waals surface area (Å²) in [6, 6.07) is 5.06. The van der Waals surface area contributed by atoms with Gasteiger partial charge in [-0.05, 0) is 49.4 Å². The average Bonchev–Trinajstić information content (AvgIpc) is 2.21.